The van der Waals surface area contributed by atoms with Crippen molar-refractivity contribution in [3.63, 3.8) is 0 Å². The van der Waals surface area contributed by atoms with Crippen LogP contribution in [0.4, 0.5) is 5.82 Å². The van der Waals surface area contributed by atoms with Gasteiger partial charge in [0.25, 0.3) is 5.91 Å². The maximum Gasteiger partial charge on any atom is 0.251 e. The highest BCUT2D eigenvalue weighted by atomic mass is 16.5. The quantitative estimate of drug-likeness (QED) is 0.742. The number of fused-ring (bicyclic) bond motifs is 3. The lowest BCUT2D eigenvalue weighted by molar-refractivity contribution is -0.114. The van der Waals surface area contributed by atoms with Crippen molar-refractivity contribution in [2.24, 2.45) is 5.92 Å². The number of hydrogen-bond donors (Lipinski definition) is 3. The van der Waals surface area contributed by atoms with Crippen LogP contribution in [-0.4, -0.2) is 46.9 Å². The number of hydrogen-bond acceptors (Lipinski definition) is 4. The first-order valence-electron chi connectivity index (χ1n) is 9.79. The molecule has 0 spiro atoms. The summed E-state index contributed by atoms with van der Waals surface area (Å²) in [6.07, 6.45) is 2.33. The summed E-state index contributed by atoms with van der Waals surface area (Å²) in [5.74, 6) is 2.10. The van der Waals surface area contributed by atoms with Crippen molar-refractivity contribution in [1.29, 1.82) is 0 Å². The van der Waals surface area contributed by atoms with Gasteiger partial charge in [-0.2, -0.15) is 0 Å². The lowest BCUT2D eigenvalue weighted by Gasteiger charge is -2.49. The second kappa shape index (κ2) is 7.67. The number of aromatic nitrogens is 1. The van der Waals surface area contributed by atoms with E-state index < -0.39 is 0 Å². The second-order valence-corrected chi connectivity index (χ2v) is 7.66. The van der Waals surface area contributed by atoms with Crippen LogP contribution >= 0.6 is 0 Å². The van der Waals surface area contributed by atoms with E-state index in [-0.39, 0.29) is 17.9 Å². The fourth-order valence-corrected chi connectivity index (χ4v) is 4.28. The molecule has 0 radical (unpaired) electrons. The van der Waals surface area contributed by atoms with Gasteiger partial charge in [-0.25, -0.2) is 0 Å². The van der Waals surface area contributed by atoms with Gasteiger partial charge < -0.3 is 20.4 Å². The summed E-state index contributed by atoms with van der Waals surface area (Å²) in [5, 5.41) is 5.90. The Morgan fingerprint density at radius 3 is 2.46 bits per heavy atom. The molecule has 0 aliphatic carbocycles. The van der Waals surface area contributed by atoms with Crippen LogP contribution in [0.1, 0.15) is 37.0 Å². The number of nitrogens with zero attached hydrogens (tertiary/aromatic N) is 1. The summed E-state index contributed by atoms with van der Waals surface area (Å²) in [6, 6.07) is 11.2. The lowest BCUT2D eigenvalue weighted by atomic mass is 9.79. The number of benzene rings is 1. The summed E-state index contributed by atoms with van der Waals surface area (Å²) < 4.78 is 5.74. The minimum Gasteiger partial charge on any atom is -0.441 e. The van der Waals surface area contributed by atoms with Gasteiger partial charge in [0.05, 0.1) is 0 Å². The Kier molecular flexibility index (Phi) is 5.09. The number of aromatic amines is 1. The van der Waals surface area contributed by atoms with Gasteiger partial charge in [-0.3, -0.25) is 14.5 Å². The zero-order valence-corrected chi connectivity index (χ0v) is 16.2. The van der Waals surface area contributed by atoms with Crippen molar-refractivity contribution < 1.29 is 14.3 Å². The highest BCUT2D eigenvalue weighted by Crippen LogP contribution is 2.32. The predicted molar refractivity (Wildman–Crippen MR) is 107 cm³/mol. The van der Waals surface area contributed by atoms with Crippen LogP contribution in [0.15, 0.2) is 36.4 Å². The molecule has 7 nitrogen and oxygen atoms in total. The molecule has 2 aromatic rings. The third-order valence-corrected chi connectivity index (χ3v) is 5.79. The lowest BCUT2D eigenvalue weighted by Crippen LogP contribution is -2.62. The molecule has 148 valence electrons. The summed E-state index contributed by atoms with van der Waals surface area (Å²) in [4.78, 5) is 29.2. The van der Waals surface area contributed by atoms with E-state index in [2.05, 4.69) is 27.4 Å². The number of carbonyl (C=O) groups excluding carboxylic acids is 2. The molecule has 0 unspecified atom stereocenters. The molecule has 5 rings (SSSR count). The fourth-order valence-electron chi connectivity index (χ4n) is 4.28. The standard InChI is InChI=1S/C21H26N4O3/c1-13-20(15-9-11-25(13)12-10-15)24-21(27)16-3-5-17(6-4-16)28-19-8-7-18(23-19)22-14(2)26/h3-8,13,15,20,23H,9-12H2,1-2H3,(H,22,26)(H,24,27)/t13-,20-/m0/s1. The molecule has 2 atom stereocenters. The summed E-state index contributed by atoms with van der Waals surface area (Å²) in [7, 11) is 0. The smallest absolute Gasteiger partial charge is 0.251 e. The molecule has 1 aromatic heterocycles. The van der Waals surface area contributed by atoms with Crippen molar-refractivity contribution in [2.75, 3.05) is 18.4 Å². The Morgan fingerprint density at radius 1 is 1.11 bits per heavy atom. The monoisotopic (exact) mass is 382 g/mol. The first-order valence-corrected chi connectivity index (χ1v) is 9.79. The average Bonchev–Trinajstić information content (AvgIpc) is 3.11. The largest absolute Gasteiger partial charge is 0.441 e. The molecular formula is C21H26N4O3. The van der Waals surface area contributed by atoms with E-state index in [0.717, 1.165) is 13.1 Å². The van der Waals surface area contributed by atoms with E-state index in [1.165, 1.54) is 19.8 Å². The minimum atomic E-state index is -0.152. The van der Waals surface area contributed by atoms with Gasteiger partial charge in [-0.15, -0.1) is 0 Å². The van der Waals surface area contributed by atoms with E-state index in [4.69, 9.17) is 4.74 Å². The van der Waals surface area contributed by atoms with Gasteiger partial charge in [-0.1, -0.05) is 0 Å². The van der Waals surface area contributed by atoms with Gasteiger partial charge in [0.2, 0.25) is 5.91 Å². The zero-order chi connectivity index (χ0) is 19.7. The van der Waals surface area contributed by atoms with Crippen LogP contribution in [-0.2, 0) is 4.79 Å². The maximum absolute atomic E-state index is 12.7. The molecule has 3 N–H and O–H groups in total. The third kappa shape index (κ3) is 3.89. The molecule has 3 saturated heterocycles. The molecule has 1 aromatic carbocycles. The van der Waals surface area contributed by atoms with Gasteiger partial charge in [0.15, 0.2) is 5.88 Å². The Bertz CT molecular complexity index is 851. The van der Waals surface area contributed by atoms with Crippen molar-refractivity contribution >= 4 is 17.6 Å². The van der Waals surface area contributed by atoms with Gasteiger partial charge in [-0.05, 0) is 69.1 Å². The van der Waals surface area contributed by atoms with E-state index in [1.54, 1.807) is 36.4 Å². The molecule has 3 aliphatic heterocycles. The Labute approximate surface area is 164 Å². The predicted octanol–water partition coefficient (Wildman–Crippen LogP) is 2.98. The van der Waals surface area contributed by atoms with Crippen LogP contribution in [0.5, 0.6) is 11.6 Å². The molecule has 3 aliphatic rings. The molecule has 0 saturated carbocycles. The van der Waals surface area contributed by atoms with Gasteiger partial charge in [0, 0.05) is 30.6 Å². The van der Waals surface area contributed by atoms with E-state index >= 15 is 0 Å². The maximum atomic E-state index is 12.7. The van der Waals surface area contributed by atoms with E-state index in [1.807, 2.05) is 0 Å². The number of carbonyl (C=O) groups is 2. The van der Waals surface area contributed by atoms with Gasteiger partial charge in [0.1, 0.15) is 11.6 Å². The number of nitrogens with one attached hydrogen (secondary N) is 3. The molecular weight excluding hydrogens is 356 g/mol. The van der Waals surface area contributed by atoms with E-state index in [9.17, 15) is 9.59 Å². The van der Waals surface area contributed by atoms with Crippen LogP contribution < -0.4 is 15.4 Å². The third-order valence-electron chi connectivity index (χ3n) is 5.79. The topological polar surface area (TPSA) is 86.5 Å². The second-order valence-electron chi connectivity index (χ2n) is 7.66. The highest BCUT2D eigenvalue weighted by molar-refractivity contribution is 5.94. The van der Waals surface area contributed by atoms with Crippen molar-refractivity contribution in [3.8, 4) is 11.6 Å². The van der Waals surface area contributed by atoms with E-state index in [0.29, 0.717) is 35.0 Å². The van der Waals surface area contributed by atoms with Crippen LogP contribution in [0.25, 0.3) is 0 Å². The van der Waals surface area contributed by atoms with Gasteiger partial charge >= 0.3 is 0 Å². The SMILES string of the molecule is CC(=O)Nc1ccc(Oc2ccc(C(=O)N[C@@H]3C4CCN(CC4)[C@H]3C)cc2)[nH]1. The number of ether oxygens (including phenoxy) is 1. The Hall–Kier alpha value is -2.80. The highest BCUT2D eigenvalue weighted by Gasteiger charge is 2.40. The molecule has 3 fully saturated rings. The van der Waals surface area contributed by atoms with Crippen LogP contribution in [0.2, 0.25) is 0 Å². The van der Waals surface area contributed by atoms with Crippen molar-refractivity contribution in [1.82, 2.24) is 15.2 Å². The first kappa shape index (κ1) is 18.6. The fraction of sp³-hybridized carbons (Fsp3) is 0.429. The Morgan fingerprint density at radius 2 is 1.82 bits per heavy atom. The Balaban J connectivity index is 1.37. The van der Waals surface area contributed by atoms with Crippen molar-refractivity contribution in [3.05, 3.63) is 42.0 Å². The summed E-state index contributed by atoms with van der Waals surface area (Å²) >= 11 is 0. The first-order chi connectivity index (χ1) is 13.5. The molecule has 7 heteroatoms. The molecule has 2 bridgehead atoms. The van der Waals surface area contributed by atoms with Crippen LogP contribution in [0, 0.1) is 5.92 Å². The number of piperidine rings is 3. The number of anilines is 1. The number of amides is 2. The molecule has 28 heavy (non-hydrogen) atoms. The van der Waals surface area contributed by atoms with Crippen molar-refractivity contribution in [2.45, 2.75) is 38.8 Å². The number of rotatable bonds is 5. The summed E-state index contributed by atoms with van der Waals surface area (Å²) in [6.45, 7) is 5.94. The summed E-state index contributed by atoms with van der Waals surface area (Å²) in [5.41, 5.74) is 0.626. The normalized spacial score (nSPS) is 25.9. The number of H-pyrrole nitrogens is 1. The zero-order valence-electron chi connectivity index (χ0n) is 16.2. The average molecular weight is 382 g/mol. The molecule has 4 heterocycles. The minimum absolute atomic E-state index is 0.0371. The molecule has 2 amide bonds. The van der Waals surface area contributed by atoms with Crippen LogP contribution in [0.3, 0.4) is 0 Å².